The second kappa shape index (κ2) is 7.77. The molecule has 2 saturated heterocycles. The topological polar surface area (TPSA) is 90.7 Å². The van der Waals surface area contributed by atoms with Crippen molar-refractivity contribution in [2.24, 2.45) is 0 Å². The van der Waals surface area contributed by atoms with Crippen molar-refractivity contribution in [2.75, 3.05) is 26.2 Å². The van der Waals surface area contributed by atoms with Gasteiger partial charge in [-0.15, -0.1) is 0 Å². The van der Waals surface area contributed by atoms with Crippen molar-refractivity contribution >= 4 is 11.9 Å². The molecule has 154 valence electrons. The van der Waals surface area contributed by atoms with Gasteiger partial charge in [0.25, 0.3) is 5.91 Å². The molecule has 1 aromatic carbocycles. The molecule has 3 heterocycles. The number of aromatic hydroxyl groups is 1. The first-order valence-corrected chi connectivity index (χ1v) is 10.2. The summed E-state index contributed by atoms with van der Waals surface area (Å²) in [4.78, 5) is 28.5. The van der Waals surface area contributed by atoms with E-state index in [1.807, 2.05) is 24.3 Å². The molecule has 8 heteroatoms. The average molecular weight is 397 g/mol. The fourth-order valence-electron chi connectivity index (χ4n) is 4.04. The lowest BCUT2D eigenvalue weighted by atomic mass is 10.0. The van der Waals surface area contributed by atoms with Gasteiger partial charge in [-0.25, -0.2) is 9.48 Å². The molecule has 8 nitrogen and oxygen atoms in total. The predicted molar refractivity (Wildman–Crippen MR) is 108 cm³/mol. The van der Waals surface area contributed by atoms with Gasteiger partial charge in [-0.2, -0.15) is 5.10 Å². The zero-order chi connectivity index (χ0) is 20.5. The molecule has 1 unspecified atom stereocenters. The second-order valence-electron chi connectivity index (χ2n) is 8.03. The van der Waals surface area contributed by atoms with E-state index in [2.05, 4.69) is 24.3 Å². The van der Waals surface area contributed by atoms with E-state index in [0.29, 0.717) is 32.1 Å². The van der Waals surface area contributed by atoms with Gasteiger partial charge >= 0.3 is 6.03 Å². The van der Waals surface area contributed by atoms with Crippen LogP contribution in [0.25, 0.3) is 5.69 Å². The van der Waals surface area contributed by atoms with Crippen molar-refractivity contribution in [1.29, 1.82) is 0 Å². The maximum Gasteiger partial charge on any atom is 0.317 e. The Bertz CT molecular complexity index is 906. The van der Waals surface area contributed by atoms with E-state index in [4.69, 9.17) is 0 Å². The van der Waals surface area contributed by atoms with Crippen LogP contribution >= 0.6 is 0 Å². The molecular formula is C21H27N5O3. The normalized spacial score (nSPS) is 19.7. The number of hydrogen-bond donors (Lipinski definition) is 2. The first kappa shape index (κ1) is 19.3. The summed E-state index contributed by atoms with van der Waals surface area (Å²) in [6.45, 7) is 6.62. The highest BCUT2D eigenvalue weighted by atomic mass is 16.3. The van der Waals surface area contributed by atoms with Crippen molar-refractivity contribution in [3.05, 3.63) is 41.7 Å². The van der Waals surface area contributed by atoms with Gasteiger partial charge in [-0.1, -0.05) is 26.0 Å². The van der Waals surface area contributed by atoms with Crippen molar-refractivity contribution < 1.29 is 14.7 Å². The van der Waals surface area contributed by atoms with Gasteiger partial charge in [0, 0.05) is 26.2 Å². The number of carbonyl (C=O) groups excluding carboxylic acids is 2. The van der Waals surface area contributed by atoms with E-state index in [-0.39, 0.29) is 29.4 Å². The maximum absolute atomic E-state index is 13.0. The number of urea groups is 1. The van der Waals surface area contributed by atoms with Gasteiger partial charge in [-0.3, -0.25) is 4.79 Å². The Labute approximate surface area is 170 Å². The predicted octanol–water partition coefficient (Wildman–Crippen LogP) is 2.33. The number of piperidine rings is 1. The number of likely N-dealkylation sites (tertiary alicyclic amines) is 1. The van der Waals surface area contributed by atoms with Crippen LogP contribution in [-0.4, -0.2) is 68.8 Å². The average Bonchev–Trinajstić information content (AvgIpc) is 3.33. The van der Waals surface area contributed by atoms with Crippen LogP contribution in [0.3, 0.4) is 0 Å². The van der Waals surface area contributed by atoms with Crippen LogP contribution in [0.4, 0.5) is 4.79 Å². The van der Waals surface area contributed by atoms with Gasteiger partial charge in [0.05, 0.1) is 17.9 Å². The summed E-state index contributed by atoms with van der Waals surface area (Å²) in [5.74, 6) is -0.00900. The number of nitrogens with zero attached hydrogens (tertiary/aromatic N) is 4. The van der Waals surface area contributed by atoms with Crippen LogP contribution < -0.4 is 5.32 Å². The third kappa shape index (κ3) is 3.79. The van der Waals surface area contributed by atoms with Gasteiger partial charge < -0.3 is 20.2 Å². The highest BCUT2D eigenvalue weighted by Gasteiger charge is 2.34. The number of nitrogens with one attached hydrogen (secondary N) is 1. The second-order valence-corrected chi connectivity index (χ2v) is 8.03. The summed E-state index contributed by atoms with van der Waals surface area (Å²) in [6, 6.07) is 7.84. The first-order chi connectivity index (χ1) is 13.9. The van der Waals surface area contributed by atoms with Crippen LogP contribution in [0.15, 0.2) is 30.5 Å². The Kier molecular flexibility index (Phi) is 5.17. The molecule has 0 aliphatic carbocycles. The van der Waals surface area contributed by atoms with E-state index < -0.39 is 0 Å². The molecule has 1 aromatic heterocycles. The molecule has 0 saturated carbocycles. The number of hydrogen-bond acceptors (Lipinski definition) is 4. The largest absolute Gasteiger partial charge is 0.504 e. The van der Waals surface area contributed by atoms with E-state index in [9.17, 15) is 14.7 Å². The van der Waals surface area contributed by atoms with Crippen LogP contribution in [0.2, 0.25) is 0 Å². The van der Waals surface area contributed by atoms with Gasteiger partial charge in [-0.05, 0) is 36.5 Å². The fourth-order valence-corrected chi connectivity index (χ4v) is 4.04. The minimum Gasteiger partial charge on any atom is -0.504 e. The maximum atomic E-state index is 13.0. The molecule has 2 aliphatic heterocycles. The first-order valence-electron chi connectivity index (χ1n) is 10.2. The third-order valence-corrected chi connectivity index (χ3v) is 5.74. The summed E-state index contributed by atoms with van der Waals surface area (Å²) in [6.07, 6.45) is 3.16. The molecule has 4 rings (SSSR count). The Morgan fingerprint density at radius 3 is 2.66 bits per heavy atom. The van der Waals surface area contributed by atoms with Gasteiger partial charge in [0.15, 0.2) is 11.4 Å². The number of carbonyl (C=O) groups is 2. The van der Waals surface area contributed by atoms with E-state index in [0.717, 1.165) is 18.5 Å². The molecular weight excluding hydrogens is 370 g/mol. The molecule has 0 bridgehead atoms. The monoisotopic (exact) mass is 397 g/mol. The molecule has 0 spiro atoms. The fraction of sp³-hybridized carbons (Fsp3) is 0.476. The smallest absolute Gasteiger partial charge is 0.317 e. The van der Waals surface area contributed by atoms with Crippen LogP contribution in [0, 0.1) is 0 Å². The molecule has 2 fully saturated rings. The van der Waals surface area contributed by atoms with E-state index >= 15 is 0 Å². The quantitative estimate of drug-likeness (QED) is 0.828. The summed E-state index contributed by atoms with van der Waals surface area (Å²) in [5.41, 5.74) is 2.05. The van der Waals surface area contributed by atoms with Crippen LogP contribution in [0.1, 0.15) is 48.7 Å². The molecule has 0 radical (unpaired) electrons. The van der Waals surface area contributed by atoms with Gasteiger partial charge in [0.1, 0.15) is 0 Å². The highest BCUT2D eigenvalue weighted by molar-refractivity contribution is 5.95. The molecule has 29 heavy (non-hydrogen) atoms. The van der Waals surface area contributed by atoms with Crippen molar-refractivity contribution in [3.63, 3.8) is 0 Å². The van der Waals surface area contributed by atoms with Crippen molar-refractivity contribution in [2.45, 2.75) is 38.6 Å². The number of benzene rings is 1. The highest BCUT2D eigenvalue weighted by Crippen LogP contribution is 2.24. The number of rotatable bonds is 4. The SMILES string of the molecule is CC(C)c1ccc(-n2cc(O)c(C(=O)N3CCCC(N4CCNC4=O)C3)n2)cc1. The minimum absolute atomic E-state index is 0.00278. The van der Waals surface area contributed by atoms with Crippen LogP contribution in [-0.2, 0) is 0 Å². The van der Waals surface area contributed by atoms with Gasteiger partial charge in [0.2, 0.25) is 0 Å². The molecule has 1 atom stereocenters. The molecule has 3 amide bonds. The Morgan fingerprint density at radius 2 is 2.00 bits per heavy atom. The molecule has 2 aromatic rings. The minimum atomic E-state index is -0.302. The summed E-state index contributed by atoms with van der Waals surface area (Å²) < 4.78 is 1.53. The van der Waals surface area contributed by atoms with Crippen molar-refractivity contribution in [3.8, 4) is 11.4 Å². The standard InChI is InChI=1S/C21H27N5O3/c1-14(2)15-5-7-16(8-6-15)26-13-18(27)19(23-26)20(28)24-10-3-4-17(12-24)25-11-9-22-21(25)29/h5-8,13-14,17,27H,3-4,9-12H2,1-2H3,(H,22,29). The summed E-state index contributed by atoms with van der Waals surface area (Å²) in [5, 5.41) is 17.5. The lowest BCUT2D eigenvalue weighted by Crippen LogP contribution is -2.50. The lowest BCUT2D eigenvalue weighted by molar-refractivity contribution is 0.0625. The zero-order valence-corrected chi connectivity index (χ0v) is 16.8. The zero-order valence-electron chi connectivity index (χ0n) is 16.8. The number of aromatic nitrogens is 2. The van der Waals surface area contributed by atoms with E-state index in [1.165, 1.54) is 16.4 Å². The number of amides is 3. The third-order valence-electron chi connectivity index (χ3n) is 5.74. The Morgan fingerprint density at radius 1 is 1.24 bits per heavy atom. The van der Waals surface area contributed by atoms with E-state index in [1.54, 1.807) is 9.80 Å². The summed E-state index contributed by atoms with van der Waals surface area (Å²) >= 11 is 0. The molecule has 2 N–H and O–H groups in total. The van der Waals surface area contributed by atoms with Crippen LogP contribution in [0.5, 0.6) is 5.75 Å². The van der Waals surface area contributed by atoms with Crippen molar-refractivity contribution in [1.82, 2.24) is 24.9 Å². The Balaban J connectivity index is 1.51. The molecule has 2 aliphatic rings. The Hall–Kier alpha value is -3.03. The summed E-state index contributed by atoms with van der Waals surface area (Å²) in [7, 11) is 0. The lowest BCUT2D eigenvalue weighted by Gasteiger charge is -2.36.